The first-order chi connectivity index (χ1) is 8.83. The molecule has 0 unspecified atom stereocenters. The van der Waals surface area contributed by atoms with Crippen molar-refractivity contribution < 1.29 is 0 Å². The second-order valence-corrected chi connectivity index (χ2v) is 5.80. The van der Waals surface area contributed by atoms with Gasteiger partial charge in [-0.05, 0) is 51.8 Å². The molecule has 1 saturated heterocycles. The van der Waals surface area contributed by atoms with E-state index < -0.39 is 0 Å². The topological polar surface area (TPSA) is 37.8 Å². The van der Waals surface area contributed by atoms with Crippen molar-refractivity contribution in [1.82, 2.24) is 15.3 Å². The second kappa shape index (κ2) is 5.35. The highest BCUT2D eigenvalue weighted by Crippen LogP contribution is 2.34. The summed E-state index contributed by atoms with van der Waals surface area (Å²) in [6.45, 7) is 4.34. The first-order valence-electron chi connectivity index (χ1n) is 7.39. The Morgan fingerprint density at radius 2 is 1.72 bits per heavy atom. The summed E-state index contributed by atoms with van der Waals surface area (Å²) in [5.74, 6) is 2.39. The fourth-order valence-corrected chi connectivity index (χ4v) is 3.31. The molecule has 1 aromatic heterocycles. The van der Waals surface area contributed by atoms with Crippen LogP contribution in [0, 0.1) is 6.92 Å². The first kappa shape index (κ1) is 12.1. The molecule has 0 bridgehead atoms. The Morgan fingerprint density at radius 3 is 2.44 bits per heavy atom. The molecule has 2 aliphatic rings. The maximum Gasteiger partial charge on any atom is 0.132 e. The number of nitrogens with one attached hydrogen (secondary N) is 1. The number of aromatic nitrogens is 2. The Labute approximate surface area is 109 Å². The van der Waals surface area contributed by atoms with E-state index >= 15 is 0 Å². The molecule has 1 saturated carbocycles. The number of aryl methyl sites for hydroxylation is 1. The Hall–Kier alpha value is -0.960. The molecule has 3 nitrogen and oxygen atoms in total. The van der Waals surface area contributed by atoms with Crippen LogP contribution in [0.1, 0.15) is 67.6 Å². The molecule has 2 fully saturated rings. The van der Waals surface area contributed by atoms with E-state index in [2.05, 4.69) is 18.3 Å². The van der Waals surface area contributed by atoms with Crippen LogP contribution in [0.25, 0.3) is 0 Å². The van der Waals surface area contributed by atoms with Crippen LogP contribution < -0.4 is 5.32 Å². The summed E-state index contributed by atoms with van der Waals surface area (Å²) in [5, 5.41) is 3.41. The summed E-state index contributed by atoms with van der Waals surface area (Å²) in [4.78, 5) is 9.59. The standard InChI is InChI=1S/C15H23N3/c1-11-10-14(12-4-2-3-5-12)18-15(17-11)13-6-8-16-9-7-13/h10,12-13,16H,2-9H2,1H3. The summed E-state index contributed by atoms with van der Waals surface area (Å²) in [6, 6.07) is 2.21. The molecule has 18 heavy (non-hydrogen) atoms. The van der Waals surface area contributed by atoms with Crippen LogP contribution in [0.15, 0.2) is 6.07 Å². The van der Waals surface area contributed by atoms with Gasteiger partial charge in [-0.25, -0.2) is 9.97 Å². The molecule has 1 aromatic rings. The molecule has 3 heteroatoms. The minimum Gasteiger partial charge on any atom is -0.317 e. The van der Waals surface area contributed by atoms with Crippen LogP contribution in [-0.4, -0.2) is 23.1 Å². The number of hydrogen-bond donors (Lipinski definition) is 1. The van der Waals surface area contributed by atoms with E-state index in [1.165, 1.54) is 44.2 Å². The number of hydrogen-bond acceptors (Lipinski definition) is 3. The van der Waals surface area contributed by atoms with Crippen molar-refractivity contribution >= 4 is 0 Å². The lowest BCUT2D eigenvalue weighted by atomic mass is 9.96. The average Bonchev–Trinajstić information content (AvgIpc) is 2.93. The molecule has 1 aliphatic carbocycles. The Kier molecular flexibility index (Phi) is 3.59. The van der Waals surface area contributed by atoms with Crippen LogP contribution in [-0.2, 0) is 0 Å². The van der Waals surface area contributed by atoms with Gasteiger partial charge in [-0.15, -0.1) is 0 Å². The average molecular weight is 245 g/mol. The van der Waals surface area contributed by atoms with Gasteiger partial charge in [0.2, 0.25) is 0 Å². The zero-order valence-electron chi connectivity index (χ0n) is 11.3. The summed E-state index contributed by atoms with van der Waals surface area (Å²) in [6.07, 6.45) is 7.76. The lowest BCUT2D eigenvalue weighted by Crippen LogP contribution is -2.27. The monoisotopic (exact) mass is 245 g/mol. The van der Waals surface area contributed by atoms with Crippen LogP contribution in [0.4, 0.5) is 0 Å². The van der Waals surface area contributed by atoms with Crippen LogP contribution in [0.2, 0.25) is 0 Å². The van der Waals surface area contributed by atoms with Gasteiger partial charge in [-0.3, -0.25) is 0 Å². The van der Waals surface area contributed by atoms with Gasteiger partial charge >= 0.3 is 0 Å². The molecule has 1 N–H and O–H groups in total. The van der Waals surface area contributed by atoms with Gasteiger partial charge in [0.25, 0.3) is 0 Å². The van der Waals surface area contributed by atoms with E-state index in [-0.39, 0.29) is 0 Å². The van der Waals surface area contributed by atoms with Crippen molar-refractivity contribution in [1.29, 1.82) is 0 Å². The third-order valence-corrected chi connectivity index (χ3v) is 4.37. The molecule has 2 heterocycles. The van der Waals surface area contributed by atoms with E-state index in [0.29, 0.717) is 11.8 Å². The third-order valence-electron chi connectivity index (χ3n) is 4.37. The van der Waals surface area contributed by atoms with Gasteiger partial charge in [0.1, 0.15) is 5.82 Å². The smallest absolute Gasteiger partial charge is 0.132 e. The Balaban J connectivity index is 1.84. The molecule has 0 amide bonds. The largest absolute Gasteiger partial charge is 0.317 e. The van der Waals surface area contributed by atoms with Crippen molar-refractivity contribution in [2.24, 2.45) is 0 Å². The van der Waals surface area contributed by atoms with Gasteiger partial charge in [0.15, 0.2) is 0 Å². The fourth-order valence-electron chi connectivity index (χ4n) is 3.31. The molecule has 0 radical (unpaired) electrons. The predicted octanol–water partition coefficient (Wildman–Crippen LogP) is 2.91. The van der Waals surface area contributed by atoms with E-state index in [0.717, 1.165) is 24.6 Å². The maximum atomic E-state index is 4.90. The van der Waals surface area contributed by atoms with E-state index in [1.807, 2.05) is 0 Å². The highest BCUT2D eigenvalue weighted by molar-refractivity contribution is 5.17. The fraction of sp³-hybridized carbons (Fsp3) is 0.733. The summed E-state index contributed by atoms with van der Waals surface area (Å²) in [7, 11) is 0. The SMILES string of the molecule is Cc1cc(C2CCCC2)nc(C2CCNCC2)n1. The minimum absolute atomic E-state index is 0.575. The molecular weight excluding hydrogens is 222 g/mol. The van der Waals surface area contributed by atoms with Crippen LogP contribution in [0.3, 0.4) is 0 Å². The lowest BCUT2D eigenvalue weighted by molar-refractivity contribution is 0.442. The quantitative estimate of drug-likeness (QED) is 0.870. The van der Waals surface area contributed by atoms with Crippen LogP contribution in [0.5, 0.6) is 0 Å². The minimum atomic E-state index is 0.575. The lowest BCUT2D eigenvalue weighted by Gasteiger charge is -2.22. The van der Waals surface area contributed by atoms with E-state index in [9.17, 15) is 0 Å². The summed E-state index contributed by atoms with van der Waals surface area (Å²) in [5.41, 5.74) is 2.47. The number of piperidine rings is 1. The van der Waals surface area contributed by atoms with Crippen molar-refractivity contribution in [2.75, 3.05) is 13.1 Å². The van der Waals surface area contributed by atoms with Gasteiger partial charge < -0.3 is 5.32 Å². The molecule has 0 spiro atoms. The molecule has 98 valence electrons. The highest BCUT2D eigenvalue weighted by Gasteiger charge is 2.22. The molecule has 1 aliphatic heterocycles. The van der Waals surface area contributed by atoms with Gasteiger partial charge in [-0.2, -0.15) is 0 Å². The third kappa shape index (κ3) is 2.56. The Bertz CT molecular complexity index is 404. The van der Waals surface area contributed by atoms with Crippen molar-refractivity contribution in [3.63, 3.8) is 0 Å². The summed E-state index contributed by atoms with van der Waals surface area (Å²) >= 11 is 0. The van der Waals surface area contributed by atoms with Crippen molar-refractivity contribution in [3.05, 3.63) is 23.3 Å². The van der Waals surface area contributed by atoms with E-state index in [4.69, 9.17) is 9.97 Å². The first-order valence-corrected chi connectivity index (χ1v) is 7.39. The zero-order chi connectivity index (χ0) is 12.4. The highest BCUT2D eigenvalue weighted by atomic mass is 14.9. The van der Waals surface area contributed by atoms with Gasteiger partial charge in [0.05, 0.1) is 0 Å². The maximum absolute atomic E-state index is 4.90. The zero-order valence-corrected chi connectivity index (χ0v) is 11.3. The van der Waals surface area contributed by atoms with Gasteiger partial charge in [0, 0.05) is 23.2 Å². The predicted molar refractivity (Wildman–Crippen MR) is 72.8 cm³/mol. The summed E-state index contributed by atoms with van der Waals surface area (Å²) < 4.78 is 0. The Morgan fingerprint density at radius 1 is 1.00 bits per heavy atom. The normalized spacial score (nSPS) is 22.5. The number of nitrogens with zero attached hydrogens (tertiary/aromatic N) is 2. The second-order valence-electron chi connectivity index (χ2n) is 5.80. The van der Waals surface area contributed by atoms with Crippen LogP contribution >= 0.6 is 0 Å². The van der Waals surface area contributed by atoms with Crippen molar-refractivity contribution in [3.8, 4) is 0 Å². The molecular formula is C15H23N3. The molecule has 3 rings (SSSR count). The van der Waals surface area contributed by atoms with Crippen molar-refractivity contribution in [2.45, 2.75) is 57.3 Å². The van der Waals surface area contributed by atoms with E-state index in [1.54, 1.807) is 0 Å². The molecule has 0 atom stereocenters. The molecule has 0 aromatic carbocycles. The van der Waals surface area contributed by atoms with Gasteiger partial charge in [-0.1, -0.05) is 12.8 Å². The number of rotatable bonds is 2.